The summed E-state index contributed by atoms with van der Waals surface area (Å²) in [5.41, 5.74) is 14.6. The molecule has 4 heteroatoms. The maximum absolute atomic E-state index is 6.95. The minimum atomic E-state index is -0.734. The Morgan fingerprint density at radius 3 is 1.38 bits per heavy atom. The maximum atomic E-state index is 6.95. The lowest BCUT2D eigenvalue weighted by Gasteiger charge is -2.31. The third-order valence-corrected chi connectivity index (χ3v) is 4.86. The average molecular weight is 385 g/mol. The molecule has 134 valence electrons. The lowest BCUT2D eigenvalue weighted by Crippen LogP contribution is -2.45. The van der Waals surface area contributed by atoms with Gasteiger partial charge in [0, 0.05) is 6.54 Å². The van der Waals surface area contributed by atoms with Crippen molar-refractivity contribution < 1.29 is 0 Å². The van der Waals surface area contributed by atoms with Crippen LogP contribution in [0.2, 0.25) is 0 Å². The van der Waals surface area contributed by atoms with Crippen LogP contribution in [0.4, 0.5) is 0 Å². The van der Waals surface area contributed by atoms with E-state index in [-0.39, 0.29) is 24.8 Å². The van der Waals surface area contributed by atoms with Crippen molar-refractivity contribution in [3.63, 3.8) is 0 Å². The molecule has 0 aliphatic rings. The SMILES string of the molecule is Cl.Cl.NCC(N)(c1cccc2ccccc12)c1cccc2ccccc12. The topological polar surface area (TPSA) is 52.0 Å². The largest absolute Gasteiger partial charge is 0.328 e. The normalized spacial score (nSPS) is 11.0. The predicted octanol–water partition coefficient (Wildman–Crippen LogP) is 5.00. The third-order valence-electron chi connectivity index (χ3n) is 4.86. The lowest BCUT2D eigenvalue weighted by molar-refractivity contribution is 0.561. The fourth-order valence-corrected chi connectivity index (χ4v) is 3.59. The van der Waals surface area contributed by atoms with Crippen LogP contribution >= 0.6 is 24.8 Å². The Kier molecular flexibility index (Phi) is 6.27. The molecule has 0 unspecified atom stereocenters. The summed E-state index contributed by atoms with van der Waals surface area (Å²) in [6.45, 7) is 0.342. The zero-order valence-corrected chi connectivity index (χ0v) is 15.9. The second-order valence-electron chi connectivity index (χ2n) is 6.23. The first-order valence-corrected chi connectivity index (χ1v) is 8.19. The van der Waals surface area contributed by atoms with Crippen LogP contribution in [-0.2, 0) is 5.54 Å². The van der Waals surface area contributed by atoms with Gasteiger partial charge in [-0.1, -0.05) is 84.9 Å². The van der Waals surface area contributed by atoms with E-state index in [1.807, 2.05) is 24.3 Å². The summed E-state index contributed by atoms with van der Waals surface area (Å²) < 4.78 is 0. The molecule has 26 heavy (non-hydrogen) atoms. The van der Waals surface area contributed by atoms with E-state index in [9.17, 15) is 0 Å². The van der Waals surface area contributed by atoms with E-state index in [1.54, 1.807) is 0 Å². The third kappa shape index (κ3) is 3.17. The second-order valence-corrected chi connectivity index (χ2v) is 6.23. The van der Waals surface area contributed by atoms with E-state index < -0.39 is 5.54 Å². The first-order valence-electron chi connectivity index (χ1n) is 8.19. The van der Waals surface area contributed by atoms with Crippen molar-refractivity contribution in [2.45, 2.75) is 5.54 Å². The van der Waals surface area contributed by atoms with Crippen LogP contribution in [-0.4, -0.2) is 6.54 Å². The van der Waals surface area contributed by atoms with Gasteiger partial charge in [-0.25, -0.2) is 0 Å². The Labute approximate surface area is 166 Å². The molecular weight excluding hydrogens is 363 g/mol. The molecule has 0 saturated heterocycles. The number of fused-ring (bicyclic) bond motifs is 2. The Hall–Kier alpha value is -2.10. The van der Waals surface area contributed by atoms with E-state index in [0.29, 0.717) is 6.54 Å². The van der Waals surface area contributed by atoms with Gasteiger partial charge in [-0.05, 0) is 32.7 Å². The van der Waals surface area contributed by atoms with Crippen LogP contribution in [0.15, 0.2) is 84.9 Å². The minimum absolute atomic E-state index is 0. The molecule has 0 aliphatic heterocycles. The quantitative estimate of drug-likeness (QED) is 0.522. The number of hydrogen-bond donors (Lipinski definition) is 2. The van der Waals surface area contributed by atoms with Crippen LogP contribution in [0.1, 0.15) is 11.1 Å². The Balaban J connectivity index is 0.00000121. The zero-order valence-electron chi connectivity index (χ0n) is 14.3. The monoisotopic (exact) mass is 384 g/mol. The molecule has 0 bridgehead atoms. The average Bonchev–Trinajstić information content (AvgIpc) is 2.66. The molecule has 0 aromatic heterocycles. The maximum Gasteiger partial charge on any atom is 0.0802 e. The van der Waals surface area contributed by atoms with Crippen LogP contribution < -0.4 is 11.5 Å². The molecule has 4 aromatic rings. The zero-order chi connectivity index (χ0) is 16.6. The fourth-order valence-electron chi connectivity index (χ4n) is 3.59. The van der Waals surface area contributed by atoms with Crippen LogP contribution in [0.3, 0.4) is 0 Å². The molecule has 4 N–H and O–H groups in total. The number of halogens is 2. The molecule has 2 nitrogen and oxygen atoms in total. The second kappa shape index (κ2) is 8.07. The highest BCUT2D eigenvalue weighted by Crippen LogP contribution is 2.35. The van der Waals surface area contributed by atoms with Gasteiger partial charge in [0.05, 0.1) is 5.54 Å². The molecule has 0 atom stereocenters. The van der Waals surface area contributed by atoms with Crippen molar-refractivity contribution in [2.24, 2.45) is 11.5 Å². The summed E-state index contributed by atoms with van der Waals surface area (Å²) >= 11 is 0. The molecule has 4 rings (SSSR count). The molecule has 0 saturated carbocycles. The summed E-state index contributed by atoms with van der Waals surface area (Å²) in [5, 5.41) is 4.67. The van der Waals surface area contributed by atoms with E-state index in [0.717, 1.165) is 21.9 Å². The van der Waals surface area contributed by atoms with Gasteiger partial charge in [-0.15, -0.1) is 24.8 Å². The number of rotatable bonds is 3. The van der Waals surface area contributed by atoms with Crippen molar-refractivity contribution >= 4 is 46.4 Å². The molecule has 0 amide bonds. The number of nitrogens with two attached hydrogens (primary N) is 2. The standard InChI is InChI=1S/C22H20N2.2ClH/c23-15-22(24,20-13-5-9-16-7-1-3-11-18(16)20)21-14-6-10-17-8-2-4-12-19(17)21;;/h1-14H,15,23-24H2;2*1H. The van der Waals surface area contributed by atoms with Gasteiger partial charge in [-0.3, -0.25) is 0 Å². The smallest absolute Gasteiger partial charge is 0.0802 e. The van der Waals surface area contributed by atoms with Gasteiger partial charge in [0.25, 0.3) is 0 Å². The molecule has 0 fully saturated rings. The van der Waals surface area contributed by atoms with Crippen LogP contribution in [0.5, 0.6) is 0 Å². The van der Waals surface area contributed by atoms with Crippen molar-refractivity contribution in [3.05, 3.63) is 96.1 Å². The number of hydrogen-bond acceptors (Lipinski definition) is 2. The van der Waals surface area contributed by atoms with Crippen molar-refractivity contribution in [1.82, 2.24) is 0 Å². The van der Waals surface area contributed by atoms with Gasteiger partial charge < -0.3 is 11.5 Å². The molecular formula is C22H22Cl2N2. The van der Waals surface area contributed by atoms with Crippen molar-refractivity contribution in [3.8, 4) is 0 Å². The first kappa shape index (κ1) is 20.2. The Morgan fingerprint density at radius 1 is 0.577 bits per heavy atom. The fraction of sp³-hybridized carbons (Fsp3) is 0.0909. The van der Waals surface area contributed by atoms with Gasteiger partial charge in [0.2, 0.25) is 0 Å². The summed E-state index contributed by atoms with van der Waals surface area (Å²) in [4.78, 5) is 0. The molecule has 4 aromatic carbocycles. The molecule has 0 aliphatic carbocycles. The summed E-state index contributed by atoms with van der Waals surface area (Å²) in [6, 6.07) is 29.2. The highest BCUT2D eigenvalue weighted by Gasteiger charge is 2.31. The van der Waals surface area contributed by atoms with Gasteiger partial charge in [0.15, 0.2) is 0 Å². The summed E-state index contributed by atoms with van der Waals surface area (Å²) in [5.74, 6) is 0. The van der Waals surface area contributed by atoms with Crippen molar-refractivity contribution in [1.29, 1.82) is 0 Å². The van der Waals surface area contributed by atoms with Crippen LogP contribution in [0.25, 0.3) is 21.5 Å². The molecule has 0 radical (unpaired) electrons. The molecule has 0 spiro atoms. The number of benzene rings is 4. The minimum Gasteiger partial charge on any atom is -0.328 e. The van der Waals surface area contributed by atoms with E-state index >= 15 is 0 Å². The van der Waals surface area contributed by atoms with Crippen LogP contribution in [0, 0.1) is 0 Å². The van der Waals surface area contributed by atoms with Gasteiger partial charge in [-0.2, -0.15) is 0 Å². The first-order chi connectivity index (χ1) is 11.7. The summed E-state index contributed by atoms with van der Waals surface area (Å²) in [7, 11) is 0. The van der Waals surface area contributed by atoms with Gasteiger partial charge in [0.1, 0.15) is 0 Å². The van der Waals surface area contributed by atoms with E-state index in [4.69, 9.17) is 11.5 Å². The highest BCUT2D eigenvalue weighted by atomic mass is 35.5. The van der Waals surface area contributed by atoms with E-state index in [2.05, 4.69) is 60.7 Å². The Morgan fingerprint density at radius 2 is 0.962 bits per heavy atom. The Bertz CT molecular complexity index is 941. The van der Waals surface area contributed by atoms with E-state index in [1.165, 1.54) is 10.8 Å². The van der Waals surface area contributed by atoms with Gasteiger partial charge >= 0.3 is 0 Å². The predicted molar refractivity (Wildman–Crippen MR) is 116 cm³/mol. The molecule has 0 heterocycles. The lowest BCUT2D eigenvalue weighted by atomic mass is 9.79. The summed E-state index contributed by atoms with van der Waals surface area (Å²) in [6.07, 6.45) is 0. The van der Waals surface area contributed by atoms with Crippen molar-refractivity contribution in [2.75, 3.05) is 6.54 Å². The highest BCUT2D eigenvalue weighted by molar-refractivity contribution is 5.91.